The van der Waals surface area contributed by atoms with Gasteiger partial charge in [-0.2, -0.15) is 0 Å². The van der Waals surface area contributed by atoms with Crippen molar-refractivity contribution in [3.8, 4) is 0 Å². The Balaban J connectivity index is 1.58. The summed E-state index contributed by atoms with van der Waals surface area (Å²) >= 11 is 0. The van der Waals surface area contributed by atoms with Crippen LogP contribution in [0.2, 0.25) is 0 Å². The van der Waals surface area contributed by atoms with E-state index in [1.165, 1.54) is 0 Å². The lowest BCUT2D eigenvalue weighted by Crippen LogP contribution is -2.59. The fraction of sp³-hybridized carbons (Fsp3) is 0.529. The Morgan fingerprint density at radius 2 is 2.13 bits per heavy atom. The van der Waals surface area contributed by atoms with E-state index in [0.717, 1.165) is 5.56 Å². The molecule has 0 spiro atoms. The molecule has 124 valence electrons. The minimum Gasteiger partial charge on any atom is -0.383 e. The van der Waals surface area contributed by atoms with Crippen LogP contribution in [0.25, 0.3) is 0 Å². The van der Waals surface area contributed by atoms with Crippen LogP contribution in [0, 0.1) is 5.41 Å². The summed E-state index contributed by atoms with van der Waals surface area (Å²) in [5.41, 5.74) is 0.457. The summed E-state index contributed by atoms with van der Waals surface area (Å²) in [7, 11) is 1.57. The van der Waals surface area contributed by atoms with E-state index in [1.807, 2.05) is 30.3 Å². The number of hydrogen-bond acceptors (Lipinski definition) is 4. The first-order valence-electron chi connectivity index (χ1n) is 7.85. The maximum Gasteiger partial charge on any atom is 0.245 e. The van der Waals surface area contributed by atoms with Crippen molar-refractivity contribution in [2.75, 3.05) is 33.5 Å². The van der Waals surface area contributed by atoms with E-state index in [1.54, 1.807) is 12.0 Å². The van der Waals surface area contributed by atoms with E-state index in [2.05, 4.69) is 5.32 Å². The second kappa shape index (κ2) is 6.68. The molecule has 23 heavy (non-hydrogen) atoms. The van der Waals surface area contributed by atoms with Gasteiger partial charge in [-0.25, -0.2) is 0 Å². The molecule has 0 aliphatic carbocycles. The minimum atomic E-state index is -0.637. The highest BCUT2D eigenvalue weighted by Crippen LogP contribution is 2.28. The van der Waals surface area contributed by atoms with Gasteiger partial charge in [0.05, 0.1) is 19.8 Å². The second-order valence-corrected chi connectivity index (χ2v) is 6.27. The summed E-state index contributed by atoms with van der Waals surface area (Å²) in [6.07, 6.45) is 0.640. The summed E-state index contributed by atoms with van der Waals surface area (Å²) in [6.45, 7) is 2.25. The summed E-state index contributed by atoms with van der Waals surface area (Å²) in [5.74, 6) is -0.166. The number of carbonyl (C=O) groups is 2. The second-order valence-electron chi connectivity index (χ2n) is 6.27. The first-order chi connectivity index (χ1) is 11.1. The van der Waals surface area contributed by atoms with Gasteiger partial charge in [0.15, 0.2) is 0 Å². The van der Waals surface area contributed by atoms with Gasteiger partial charge in [-0.3, -0.25) is 9.59 Å². The third-order valence-corrected chi connectivity index (χ3v) is 4.48. The van der Waals surface area contributed by atoms with Crippen LogP contribution in [0.15, 0.2) is 30.3 Å². The summed E-state index contributed by atoms with van der Waals surface area (Å²) < 4.78 is 10.3. The van der Waals surface area contributed by atoms with Crippen molar-refractivity contribution in [2.45, 2.75) is 19.0 Å². The molecular formula is C17H22N2O4. The van der Waals surface area contributed by atoms with Crippen LogP contribution >= 0.6 is 0 Å². The zero-order valence-corrected chi connectivity index (χ0v) is 13.3. The summed E-state index contributed by atoms with van der Waals surface area (Å²) in [4.78, 5) is 26.7. The van der Waals surface area contributed by atoms with Crippen LogP contribution in [0.5, 0.6) is 0 Å². The van der Waals surface area contributed by atoms with E-state index >= 15 is 0 Å². The van der Waals surface area contributed by atoms with Gasteiger partial charge in [0, 0.05) is 20.2 Å². The van der Waals surface area contributed by atoms with Crippen LogP contribution in [0.3, 0.4) is 0 Å². The van der Waals surface area contributed by atoms with Crippen molar-refractivity contribution >= 4 is 11.8 Å². The monoisotopic (exact) mass is 318 g/mol. The van der Waals surface area contributed by atoms with Gasteiger partial charge in [0.2, 0.25) is 11.8 Å². The molecule has 6 heteroatoms. The molecule has 2 fully saturated rings. The van der Waals surface area contributed by atoms with Crippen molar-refractivity contribution in [1.82, 2.24) is 10.2 Å². The number of ether oxygens (including phenoxy) is 2. The first-order valence-corrected chi connectivity index (χ1v) is 7.85. The molecule has 0 saturated carbocycles. The quantitative estimate of drug-likeness (QED) is 0.832. The summed E-state index contributed by atoms with van der Waals surface area (Å²) in [6, 6.07) is 9.42. The zero-order chi connectivity index (χ0) is 16.3. The fourth-order valence-electron chi connectivity index (χ4n) is 3.05. The number of nitrogens with zero attached hydrogens (tertiary/aromatic N) is 1. The van der Waals surface area contributed by atoms with Crippen LogP contribution in [-0.4, -0.2) is 56.2 Å². The van der Waals surface area contributed by atoms with Crippen LogP contribution < -0.4 is 5.32 Å². The van der Waals surface area contributed by atoms with Crippen molar-refractivity contribution in [1.29, 1.82) is 0 Å². The number of rotatable bonds is 6. The lowest BCUT2D eigenvalue weighted by molar-refractivity contribution is -0.173. The number of amides is 2. The number of hydrogen-bond donors (Lipinski definition) is 1. The standard InChI is InChI=1S/C17H22N2O4/c1-22-10-17(11-23-12-17)16(21)18-14-7-8-19(15(14)20)9-13-5-3-2-4-6-13/h2-6,14H,7-12H2,1H3,(H,18,21). The van der Waals surface area contributed by atoms with Gasteiger partial charge in [-0.15, -0.1) is 0 Å². The fourth-order valence-corrected chi connectivity index (χ4v) is 3.05. The van der Waals surface area contributed by atoms with Gasteiger partial charge in [-0.1, -0.05) is 30.3 Å². The average Bonchev–Trinajstić information content (AvgIpc) is 2.85. The molecule has 1 aromatic rings. The first kappa shape index (κ1) is 16.0. The number of likely N-dealkylation sites (tertiary alicyclic amines) is 1. The summed E-state index contributed by atoms with van der Waals surface area (Å²) in [5, 5.41) is 2.88. The van der Waals surface area contributed by atoms with E-state index in [-0.39, 0.29) is 11.8 Å². The highest BCUT2D eigenvalue weighted by molar-refractivity contribution is 5.91. The molecule has 0 bridgehead atoms. The maximum atomic E-state index is 12.5. The largest absolute Gasteiger partial charge is 0.383 e. The van der Waals surface area contributed by atoms with E-state index in [0.29, 0.717) is 39.3 Å². The molecule has 1 N–H and O–H groups in total. The van der Waals surface area contributed by atoms with Gasteiger partial charge >= 0.3 is 0 Å². The lowest BCUT2D eigenvalue weighted by Gasteiger charge is -2.39. The van der Waals surface area contributed by atoms with Crippen molar-refractivity contribution in [2.24, 2.45) is 5.41 Å². The lowest BCUT2D eigenvalue weighted by atomic mass is 9.85. The predicted molar refractivity (Wildman–Crippen MR) is 83.5 cm³/mol. The maximum absolute atomic E-state index is 12.5. The topological polar surface area (TPSA) is 67.9 Å². The Labute approximate surface area is 135 Å². The van der Waals surface area contributed by atoms with Gasteiger partial charge in [0.25, 0.3) is 0 Å². The molecular weight excluding hydrogens is 296 g/mol. The number of benzene rings is 1. The van der Waals surface area contributed by atoms with Crippen molar-refractivity contribution < 1.29 is 19.1 Å². The highest BCUT2D eigenvalue weighted by atomic mass is 16.5. The molecule has 1 unspecified atom stereocenters. The van der Waals surface area contributed by atoms with Crippen LogP contribution in [0.4, 0.5) is 0 Å². The highest BCUT2D eigenvalue weighted by Gasteiger charge is 2.47. The third kappa shape index (κ3) is 3.23. The molecule has 2 aliphatic heterocycles. The van der Waals surface area contributed by atoms with Crippen LogP contribution in [-0.2, 0) is 25.6 Å². The molecule has 2 heterocycles. The Bertz CT molecular complexity index is 571. The molecule has 2 amide bonds. The molecule has 6 nitrogen and oxygen atoms in total. The Morgan fingerprint density at radius 1 is 1.39 bits per heavy atom. The van der Waals surface area contributed by atoms with Gasteiger partial charge < -0.3 is 19.7 Å². The Morgan fingerprint density at radius 3 is 2.74 bits per heavy atom. The molecule has 3 rings (SSSR count). The number of methoxy groups -OCH3 is 1. The van der Waals surface area contributed by atoms with Gasteiger partial charge in [-0.05, 0) is 12.0 Å². The van der Waals surface area contributed by atoms with Crippen LogP contribution in [0.1, 0.15) is 12.0 Å². The molecule has 0 aromatic heterocycles. The molecule has 1 aromatic carbocycles. The Hall–Kier alpha value is -1.92. The SMILES string of the molecule is COCC1(C(=O)NC2CCN(Cc3ccccc3)C2=O)COC1. The molecule has 0 radical (unpaired) electrons. The number of carbonyl (C=O) groups excluding carboxylic acids is 2. The zero-order valence-electron chi connectivity index (χ0n) is 13.3. The van der Waals surface area contributed by atoms with E-state index in [9.17, 15) is 9.59 Å². The smallest absolute Gasteiger partial charge is 0.245 e. The number of nitrogens with one attached hydrogen (secondary N) is 1. The predicted octanol–water partition coefficient (Wildman–Crippen LogP) is 0.567. The normalized spacial score (nSPS) is 22.7. The van der Waals surface area contributed by atoms with Crippen molar-refractivity contribution in [3.63, 3.8) is 0 Å². The Kier molecular flexibility index (Phi) is 4.63. The third-order valence-electron chi connectivity index (χ3n) is 4.48. The average molecular weight is 318 g/mol. The van der Waals surface area contributed by atoms with Crippen molar-refractivity contribution in [3.05, 3.63) is 35.9 Å². The van der Waals surface area contributed by atoms with Gasteiger partial charge in [0.1, 0.15) is 11.5 Å². The molecule has 2 aliphatic rings. The minimum absolute atomic E-state index is 0.0185. The molecule has 2 saturated heterocycles. The molecule has 1 atom stereocenters. The van der Waals surface area contributed by atoms with E-state index in [4.69, 9.17) is 9.47 Å². The van der Waals surface area contributed by atoms with E-state index < -0.39 is 11.5 Å².